The summed E-state index contributed by atoms with van der Waals surface area (Å²) in [5.74, 6) is -0.306. The van der Waals surface area contributed by atoms with Crippen LogP contribution in [0.2, 0.25) is 15.1 Å². The number of thioether (sulfide) groups is 1. The van der Waals surface area contributed by atoms with Crippen LogP contribution in [0.25, 0.3) is 0 Å². The number of carbonyl (C=O) groups excluding carboxylic acids is 1. The van der Waals surface area contributed by atoms with Crippen molar-refractivity contribution in [2.24, 2.45) is 0 Å². The first-order chi connectivity index (χ1) is 11.9. The number of aromatic amines is 1. The van der Waals surface area contributed by atoms with Crippen molar-refractivity contribution in [3.63, 3.8) is 0 Å². The molecule has 1 amide bonds. The summed E-state index contributed by atoms with van der Waals surface area (Å²) < 4.78 is 6.42. The molecule has 2 aromatic rings. The van der Waals surface area contributed by atoms with E-state index in [-0.39, 0.29) is 33.1 Å². The molecule has 0 saturated carbocycles. The Morgan fingerprint density at radius 2 is 2.04 bits per heavy atom. The van der Waals surface area contributed by atoms with Crippen LogP contribution in [0, 0.1) is 0 Å². The molecule has 0 saturated heterocycles. The molecule has 0 aliphatic carbocycles. The normalized spacial score (nSPS) is 10.9. The maximum absolute atomic E-state index is 12.1. The third-order valence-corrected chi connectivity index (χ3v) is 4.85. The van der Waals surface area contributed by atoms with Crippen LogP contribution in [0.4, 0.5) is 5.69 Å². The molecular formula is C14H15Cl3N4O3S. The fourth-order valence-corrected chi connectivity index (χ4v) is 3.63. The molecule has 25 heavy (non-hydrogen) atoms. The zero-order valence-corrected chi connectivity index (χ0v) is 16.2. The summed E-state index contributed by atoms with van der Waals surface area (Å²) >= 11 is 19.0. The molecule has 1 heterocycles. The highest BCUT2D eigenvalue weighted by molar-refractivity contribution is 7.99. The lowest BCUT2D eigenvalue weighted by atomic mass is 10.3. The standard InChI is InChI=1S/C14H15Cl3N4O3S/c1-24-4-2-3-21-13(23)19-20-14(21)25-7-11(22)18-12-9(16)5-8(15)6-10(12)17/h5-6H,2-4,7H2,1H3,(H,18,22)(H,19,23). The molecular weight excluding hydrogens is 411 g/mol. The van der Waals surface area contributed by atoms with E-state index >= 15 is 0 Å². The average Bonchev–Trinajstić information content (AvgIpc) is 2.89. The molecule has 0 aliphatic heterocycles. The zero-order valence-electron chi connectivity index (χ0n) is 13.1. The van der Waals surface area contributed by atoms with Gasteiger partial charge in [-0.3, -0.25) is 9.36 Å². The van der Waals surface area contributed by atoms with Crippen LogP contribution in [-0.2, 0) is 16.1 Å². The number of hydrogen-bond donors (Lipinski definition) is 2. The van der Waals surface area contributed by atoms with Gasteiger partial charge in [-0.2, -0.15) is 0 Å². The minimum absolute atomic E-state index is 0.0316. The summed E-state index contributed by atoms with van der Waals surface area (Å²) in [5, 5.41) is 10.2. The largest absolute Gasteiger partial charge is 0.385 e. The number of nitrogens with one attached hydrogen (secondary N) is 2. The number of ether oxygens (including phenoxy) is 1. The second kappa shape index (κ2) is 9.49. The Morgan fingerprint density at radius 1 is 1.36 bits per heavy atom. The summed E-state index contributed by atoms with van der Waals surface area (Å²) in [6, 6.07) is 2.97. The Kier molecular flexibility index (Phi) is 7.64. The molecule has 0 spiro atoms. The second-order valence-corrected chi connectivity index (χ2v) is 7.08. The fourth-order valence-electron chi connectivity index (χ4n) is 1.94. The molecule has 1 aromatic carbocycles. The third-order valence-electron chi connectivity index (χ3n) is 3.06. The molecule has 136 valence electrons. The Morgan fingerprint density at radius 3 is 2.68 bits per heavy atom. The van der Waals surface area contributed by atoms with Crippen molar-refractivity contribution in [2.75, 3.05) is 24.8 Å². The topological polar surface area (TPSA) is 89.0 Å². The number of H-pyrrole nitrogens is 1. The van der Waals surface area contributed by atoms with Gasteiger partial charge in [0, 0.05) is 25.3 Å². The summed E-state index contributed by atoms with van der Waals surface area (Å²) in [4.78, 5) is 23.9. The smallest absolute Gasteiger partial charge is 0.343 e. The van der Waals surface area contributed by atoms with E-state index in [1.165, 1.54) is 16.7 Å². The maximum atomic E-state index is 12.1. The number of methoxy groups -OCH3 is 1. The Balaban J connectivity index is 1.98. The van der Waals surface area contributed by atoms with Crippen LogP contribution in [0.15, 0.2) is 22.1 Å². The molecule has 0 atom stereocenters. The fraction of sp³-hybridized carbons (Fsp3) is 0.357. The minimum Gasteiger partial charge on any atom is -0.385 e. The Bertz CT molecular complexity index is 786. The van der Waals surface area contributed by atoms with E-state index < -0.39 is 0 Å². The van der Waals surface area contributed by atoms with E-state index in [1.54, 1.807) is 7.11 Å². The number of aromatic nitrogens is 3. The number of amides is 1. The molecule has 2 N–H and O–H groups in total. The zero-order chi connectivity index (χ0) is 18.4. The molecule has 0 unspecified atom stereocenters. The third kappa shape index (κ3) is 5.65. The highest BCUT2D eigenvalue weighted by Crippen LogP contribution is 2.33. The van der Waals surface area contributed by atoms with Crippen LogP contribution in [0.1, 0.15) is 6.42 Å². The van der Waals surface area contributed by atoms with Crippen molar-refractivity contribution in [1.82, 2.24) is 14.8 Å². The number of rotatable bonds is 8. The summed E-state index contributed by atoms with van der Waals surface area (Å²) in [6.07, 6.45) is 0.658. The second-order valence-electron chi connectivity index (χ2n) is 4.89. The predicted octanol–water partition coefficient (Wildman–Crippen LogP) is 3.30. The maximum Gasteiger partial charge on any atom is 0.343 e. The van der Waals surface area contributed by atoms with Crippen molar-refractivity contribution in [3.05, 3.63) is 37.7 Å². The number of carbonyl (C=O) groups is 1. The van der Waals surface area contributed by atoms with Crippen LogP contribution < -0.4 is 11.0 Å². The first kappa shape index (κ1) is 20.1. The van der Waals surface area contributed by atoms with E-state index in [0.717, 1.165) is 11.8 Å². The van der Waals surface area contributed by atoms with Gasteiger partial charge in [0.25, 0.3) is 0 Å². The van der Waals surface area contributed by atoms with Crippen molar-refractivity contribution < 1.29 is 9.53 Å². The van der Waals surface area contributed by atoms with Crippen molar-refractivity contribution in [3.8, 4) is 0 Å². The van der Waals surface area contributed by atoms with Gasteiger partial charge in [0.15, 0.2) is 5.16 Å². The molecule has 11 heteroatoms. The number of nitrogens with zero attached hydrogens (tertiary/aromatic N) is 2. The van der Waals surface area contributed by atoms with Gasteiger partial charge in [0.1, 0.15) is 0 Å². The van der Waals surface area contributed by atoms with Gasteiger partial charge in [-0.15, -0.1) is 5.10 Å². The van der Waals surface area contributed by atoms with Crippen LogP contribution in [0.5, 0.6) is 0 Å². The molecule has 0 radical (unpaired) electrons. The SMILES string of the molecule is COCCCn1c(SCC(=O)Nc2c(Cl)cc(Cl)cc2Cl)n[nH]c1=O. The van der Waals surface area contributed by atoms with Crippen molar-refractivity contribution in [1.29, 1.82) is 0 Å². The van der Waals surface area contributed by atoms with Crippen molar-refractivity contribution >= 4 is 58.2 Å². The lowest BCUT2D eigenvalue weighted by Gasteiger charge is -2.10. The van der Waals surface area contributed by atoms with E-state index in [1.807, 2.05) is 0 Å². The molecule has 7 nitrogen and oxygen atoms in total. The van der Waals surface area contributed by atoms with Gasteiger partial charge < -0.3 is 10.1 Å². The average molecular weight is 426 g/mol. The highest BCUT2D eigenvalue weighted by Gasteiger charge is 2.14. The first-order valence-corrected chi connectivity index (χ1v) is 9.25. The van der Waals surface area contributed by atoms with E-state index in [4.69, 9.17) is 39.5 Å². The molecule has 0 fully saturated rings. The van der Waals surface area contributed by atoms with Gasteiger partial charge in [0.05, 0.1) is 21.5 Å². The van der Waals surface area contributed by atoms with Gasteiger partial charge in [-0.25, -0.2) is 9.89 Å². The highest BCUT2D eigenvalue weighted by atomic mass is 35.5. The van der Waals surface area contributed by atoms with Crippen LogP contribution >= 0.6 is 46.6 Å². The lowest BCUT2D eigenvalue weighted by Crippen LogP contribution is -2.19. The van der Waals surface area contributed by atoms with E-state index in [2.05, 4.69) is 15.5 Å². The van der Waals surface area contributed by atoms with Gasteiger partial charge in [0.2, 0.25) is 5.91 Å². The molecule has 0 aliphatic rings. The summed E-state index contributed by atoms with van der Waals surface area (Å²) in [6.45, 7) is 0.970. The monoisotopic (exact) mass is 424 g/mol. The Hall–Kier alpha value is -1.19. The molecule has 0 bridgehead atoms. The van der Waals surface area contributed by atoms with E-state index in [0.29, 0.717) is 29.8 Å². The van der Waals surface area contributed by atoms with Crippen molar-refractivity contribution in [2.45, 2.75) is 18.1 Å². The lowest BCUT2D eigenvalue weighted by molar-refractivity contribution is -0.113. The quantitative estimate of drug-likeness (QED) is 0.500. The number of halogens is 3. The Labute approximate surface area is 163 Å². The molecule has 2 rings (SSSR count). The number of benzene rings is 1. The van der Waals surface area contributed by atoms with Gasteiger partial charge in [-0.05, 0) is 18.6 Å². The molecule has 1 aromatic heterocycles. The number of hydrogen-bond acceptors (Lipinski definition) is 5. The van der Waals surface area contributed by atoms with Crippen LogP contribution in [0.3, 0.4) is 0 Å². The van der Waals surface area contributed by atoms with Gasteiger partial charge >= 0.3 is 5.69 Å². The minimum atomic E-state index is -0.338. The van der Waals surface area contributed by atoms with E-state index in [9.17, 15) is 9.59 Å². The predicted molar refractivity (Wildman–Crippen MR) is 100 cm³/mol. The summed E-state index contributed by atoms with van der Waals surface area (Å²) in [5.41, 5.74) is -0.0411. The van der Waals surface area contributed by atoms with Crippen LogP contribution in [-0.4, -0.2) is 40.1 Å². The first-order valence-electron chi connectivity index (χ1n) is 7.13. The number of anilines is 1. The van der Waals surface area contributed by atoms with Gasteiger partial charge in [-0.1, -0.05) is 46.6 Å². The summed E-state index contributed by atoms with van der Waals surface area (Å²) in [7, 11) is 1.59.